The number of carbonyl (C=O) groups excluding carboxylic acids is 2. The molecular weight excluding hydrogens is 382 g/mol. The summed E-state index contributed by atoms with van der Waals surface area (Å²) in [5.41, 5.74) is 3.48. The van der Waals surface area contributed by atoms with Crippen molar-refractivity contribution in [3.8, 4) is 11.5 Å². The summed E-state index contributed by atoms with van der Waals surface area (Å²) >= 11 is 0. The smallest absolute Gasteiger partial charge is 0.275 e. The predicted molar refractivity (Wildman–Crippen MR) is 114 cm³/mol. The van der Waals surface area contributed by atoms with Crippen molar-refractivity contribution in [1.82, 2.24) is 9.88 Å². The van der Waals surface area contributed by atoms with E-state index in [-0.39, 0.29) is 37.1 Å². The highest BCUT2D eigenvalue weighted by Gasteiger charge is 2.22. The minimum atomic E-state index is -0.277. The van der Waals surface area contributed by atoms with Gasteiger partial charge in [0.2, 0.25) is 12.6 Å². The van der Waals surface area contributed by atoms with Crippen LogP contribution >= 0.6 is 0 Å². The number of rotatable bonds is 7. The van der Waals surface area contributed by atoms with E-state index < -0.39 is 0 Å². The van der Waals surface area contributed by atoms with E-state index in [9.17, 15) is 9.59 Å². The lowest BCUT2D eigenvalue weighted by atomic mass is 10.1. The average Bonchev–Trinajstić information content (AvgIpc) is 3.19. The molecule has 0 aliphatic carbocycles. The van der Waals surface area contributed by atoms with E-state index in [0.717, 1.165) is 33.4 Å². The van der Waals surface area contributed by atoms with Gasteiger partial charge < -0.3 is 24.3 Å². The van der Waals surface area contributed by atoms with Crippen LogP contribution in [0.2, 0.25) is 0 Å². The number of nitrogens with zero attached hydrogens (tertiary/aromatic N) is 1. The normalized spacial score (nSPS) is 13.9. The van der Waals surface area contributed by atoms with E-state index in [4.69, 9.17) is 9.47 Å². The molecule has 1 aliphatic rings. The van der Waals surface area contributed by atoms with Gasteiger partial charge in [-0.15, -0.1) is 0 Å². The number of amides is 1. The number of ketones is 1. The zero-order valence-corrected chi connectivity index (χ0v) is 18.7. The van der Waals surface area contributed by atoms with E-state index in [1.54, 1.807) is 0 Å². The molecule has 1 unspecified atom stereocenters. The molecular formula is C23H32N3O4+. The van der Waals surface area contributed by atoms with Crippen LogP contribution in [0, 0.1) is 13.8 Å². The Morgan fingerprint density at radius 3 is 2.50 bits per heavy atom. The molecule has 3 rings (SSSR count). The first-order valence-corrected chi connectivity index (χ1v) is 10.2. The van der Waals surface area contributed by atoms with Crippen molar-refractivity contribution < 1.29 is 24.0 Å². The maximum Gasteiger partial charge on any atom is 0.275 e. The van der Waals surface area contributed by atoms with Gasteiger partial charge in [-0.05, 0) is 58.4 Å². The lowest BCUT2D eigenvalue weighted by Gasteiger charge is -2.21. The minimum absolute atomic E-state index is 0.0427. The topological polar surface area (TPSA) is 74.0 Å². The summed E-state index contributed by atoms with van der Waals surface area (Å²) in [6, 6.07) is 7.85. The molecule has 1 atom stereocenters. The van der Waals surface area contributed by atoms with Crippen LogP contribution in [0.4, 0.5) is 0 Å². The largest absolute Gasteiger partial charge is 0.454 e. The van der Waals surface area contributed by atoms with Gasteiger partial charge in [0.05, 0.1) is 7.05 Å². The molecule has 2 aromatic rings. The van der Waals surface area contributed by atoms with Crippen LogP contribution in [0.1, 0.15) is 48.1 Å². The molecule has 7 nitrogen and oxygen atoms in total. The van der Waals surface area contributed by atoms with Crippen molar-refractivity contribution in [2.45, 2.75) is 46.7 Å². The summed E-state index contributed by atoms with van der Waals surface area (Å²) < 4.78 is 13.0. The number of aryl methyl sites for hydroxylation is 1. The van der Waals surface area contributed by atoms with Gasteiger partial charge >= 0.3 is 0 Å². The Labute approximate surface area is 178 Å². The number of likely N-dealkylation sites (N-methyl/N-ethyl adjacent to an activating group) is 1. The van der Waals surface area contributed by atoms with E-state index in [2.05, 4.69) is 9.88 Å². The Balaban J connectivity index is 1.67. The molecule has 0 saturated heterocycles. The summed E-state index contributed by atoms with van der Waals surface area (Å²) in [6.07, 6.45) is 0. The average molecular weight is 415 g/mol. The summed E-state index contributed by atoms with van der Waals surface area (Å²) in [6.45, 7) is 11.2. The van der Waals surface area contributed by atoms with E-state index in [1.807, 2.05) is 65.9 Å². The van der Waals surface area contributed by atoms with Crippen molar-refractivity contribution >= 4 is 11.7 Å². The van der Waals surface area contributed by atoms with Gasteiger partial charge in [-0.1, -0.05) is 6.07 Å². The quantitative estimate of drug-likeness (QED) is 0.674. The number of ether oxygens (including phenoxy) is 2. The van der Waals surface area contributed by atoms with Gasteiger partial charge in [0.1, 0.15) is 6.54 Å². The van der Waals surface area contributed by atoms with Gasteiger partial charge in [-0.3, -0.25) is 9.59 Å². The van der Waals surface area contributed by atoms with Crippen molar-refractivity contribution in [2.75, 3.05) is 26.9 Å². The molecule has 0 bridgehead atoms. The van der Waals surface area contributed by atoms with Gasteiger partial charge in [0.15, 0.2) is 18.0 Å². The molecule has 1 amide bonds. The molecule has 0 fully saturated rings. The van der Waals surface area contributed by atoms with Crippen LogP contribution in [0.5, 0.6) is 11.5 Å². The highest BCUT2D eigenvalue weighted by atomic mass is 16.7. The Kier molecular flexibility index (Phi) is 6.22. The summed E-state index contributed by atoms with van der Waals surface area (Å²) in [7, 11) is 1.87. The maximum absolute atomic E-state index is 12.9. The zero-order chi connectivity index (χ0) is 22.1. The molecule has 2 N–H and O–H groups in total. The molecule has 1 aromatic heterocycles. The van der Waals surface area contributed by atoms with Crippen molar-refractivity contribution in [3.05, 3.63) is 46.8 Å². The minimum Gasteiger partial charge on any atom is -0.454 e. The lowest BCUT2D eigenvalue weighted by Crippen LogP contribution is -3.11. The Morgan fingerprint density at radius 2 is 1.80 bits per heavy atom. The fourth-order valence-corrected chi connectivity index (χ4v) is 3.72. The number of nitrogens with one attached hydrogen (secondary N) is 2. The van der Waals surface area contributed by atoms with E-state index in [0.29, 0.717) is 12.1 Å². The monoisotopic (exact) mass is 414 g/mol. The number of benzene rings is 1. The number of hydrogen-bond acceptors (Lipinski definition) is 4. The van der Waals surface area contributed by atoms with E-state index >= 15 is 0 Å². The van der Waals surface area contributed by atoms with Gasteiger partial charge in [0.25, 0.3) is 5.91 Å². The Hall–Kier alpha value is -2.80. The second kappa shape index (κ2) is 8.52. The van der Waals surface area contributed by atoms with Gasteiger partial charge in [0, 0.05) is 29.0 Å². The molecule has 30 heavy (non-hydrogen) atoms. The number of carbonyl (C=O) groups is 2. The second-order valence-electron chi connectivity index (χ2n) is 9.09. The first-order chi connectivity index (χ1) is 14.0. The van der Waals surface area contributed by atoms with Crippen LogP contribution in [-0.2, 0) is 11.3 Å². The van der Waals surface area contributed by atoms with Crippen LogP contribution in [-0.4, -0.2) is 48.7 Å². The van der Waals surface area contributed by atoms with E-state index in [1.165, 1.54) is 0 Å². The lowest BCUT2D eigenvalue weighted by molar-refractivity contribution is -0.862. The first kappa shape index (κ1) is 21.9. The third-order valence-electron chi connectivity index (χ3n) is 5.09. The van der Waals surface area contributed by atoms with Crippen LogP contribution < -0.4 is 19.7 Å². The number of Topliss-reactive ketones (excluding diaryl/α,β-unsaturated/α-hetero) is 1. The van der Waals surface area contributed by atoms with Crippen LogP contribution in [0.25, 0.3) is 0 Å². The summed E-state index contributed by atoms with van der Waals surface area (Å²) in [4.78, 5) is 25.9. The molecule has 162 valence electrons. The summed E-state index contributed by atoms with van der Waals surface area (Å²) in [5.74, 6) is 1.50. The second-order valence-corrected chi connectivity index (χ2v) is 9.09. The highest BCUT2D eigenvalue weighted by Crippen LogP contribution is 2.33. The van der Waals surface area contributed by atoms with Crippen LogP contribution in [0.15, 0.2) is 24.3 Å². The van der Waals surface area contributed by atoms with Crippen molar-refractivity contribution in [2.24, 2.45) is 0 Å². The molecule has 2 heterocycles. The molecule has 1 aliphatic heterocycles. The fraction of sp³-hybridized carbons (Fsp3) is 0.478. The predicted octanol–water partition coefficient (Wildman–Crippen LogP) is 1.49. The third-order valence-corrected chi connectivity index (χ3v) is 5.09. The molecule has 0 saturated carbocycles. The first-order valence-electron chi connectivity index (χ1n) is 10.2. The standard InChI is InChI=1S/C23H31N3O4/c1-15-9-18(19(27)12-25(6)13-22(28)24-23(3,4)5)16(2)26(15)11-17-7-8-20-21(10-17)30-14-29-20/h7-10H,11-14H2,1-6H3,(H,24,28)/p+1. The molecule has 0 spiro atoms. The molecule has 1 aromatic carbocycles. The SMILES string of the molecule is Cc1cc(C(=O)C[NH+](C)CC(=O)NC(C)(C)C)c(C)n1Cc1ccc2c(c1)OCO2. The van der Waals surface area contributed by atoms with Crippen molar-refractivity contribution in [1.29, 1.82) is 0 Å². The number of quaternary nitrogens is 1. The Morgan fingerprint density at radius 1 is 1.10 bits per heavy atom. The van der Waals surface area contributed by atoms with Crippen LogP contribution in [0.3, 0.4) is 0 Å². The Bertz CT molecular complexity index is 956. The number of fused-ring (bicyclic) bond motifs is 1. The molecule has 0 radical (unpaired) electrons. The van der Waals surface area contributed by atoms with Gasteiger partial charge in [-0.2, -0.15) is 0 Å². The maximum atomic E-state index is 12.9. The number of hydrogen-bond donors (Lipinski definition) is 2. The highest BCUT2D eigenvalue weighted by molar-refractivity contribution is 5.98. The third kappa shape index (κ3) is 5.21. The molecule has 7 heteroatoms. The van der Waals surface area contributed by atoms with Crippen molar-refractivity contribution in [3.63, 3.8) is 0 Å². The zero-order valence-electron chi connectivity index (χ0n) is 18.7. The van der Waals surface area contributed by atoms with Gasteiger partial charge in [-0.25, -0.2) is 0 Å². The fourth-order valence-electron chi connectivity index (χ4n) is 3.72. The number of aromatic nitrogens is 1. The summed E-state index contributed by atoms with van der Waals surface area (Å²) in [5, 5.41) is 2.94.